The number of hydrogen-bond acceptors (Lipinski definition) is 8. The van der Waals surface area contributed by atoms with E-state index in [9.17, 15) is 4.79 Å². The number of aliphatic carboxylic acids is 1. The molecule has 3 aromatic heterocycles. The molecule has 4 heterocycles. The van der Waals surface area contributed by atoms with Crippen LogP contribution in [0.4, 0.5) is 17.6 Å². The van der Waals surface area contributed by atoms with Gasteiger partial charge in [-0.05, 0) is 18.2 Å². The van der Waals surface area contributed by atoms with Gasteiger partial charge < -0.3 is 20.2 Å². The Morgan fingerprint density at radius 2 is 1.76 bits per heavy atom. The van der Waals surface area contributed by atoms with Crippen molar-refractivity contribution in [2.45, 2.75) is 6.42 Å². The van der Waals surface area contributed by atoms with Crippen LogP contribution in [0.5, 0.6) is 0 Å². The second kappa shape index (κ2) is 8.55. The second-order valence-corrected chi connectivity index (χ2v) is 6.59. The predicted octanol–water partition coefficient (Wildman–Crippen LogP) is 1.27. The van der Waals surface area contributed by atoms with Crippen molar-refractivity contribution < 1.29 is 9.90 Å². The van der Waals surface area contributed by atoms with E-state index in [-0.39, 0.29) is 13.0 Å². The highest BCUT2D eigenvalue weighted by Crippen LogP contribution is 2.21. The van der Waals surface area contributed by atoms with Gasteiger partial charge in [-0.1, -0.05) is 6.07 Å². The van der Waals surface area contributed by atoms with Gasteiger partial charge in [0.05, 0.1) is 6.42 Å². The smallest absolute Gasteiger partial charge is 0.305 e. The molecule has 0 aliphatic carbocycles. The quantitative estimate of drug-likeness (QED) is 0.612. The first-order valence-electron chi connectivity index (χ1n) is 9.45. The first kappa shape index (κ1) is 18.7. The van der Waals surface area contributed by atoms with Crippen molar-refractivity contribution in [3.05, 3.63) is 48.9 Å². The third kappa shape index (κ3) is 4.60. The van der Waals surface area contributed by atoms with Gasteiger partial charge in [0.25, 0.3) is 0 Å². The zero-order chi connectivity index (χ0) is 20.1. The predicted molar refractivity (Wildman–Crippen MR) is 109 cm³/mol. The van der Waals surface area contributed by atoms with E-state index < -0.39 is 5.97 Å². The highest BCUT2D eigenvalue weighted by atomic mass is 16.4. The van der Waals surface area contributed by atoms with Crippen molar-refractivity contribution in [2.24, 2.45) is 0 Å². The molecule has 10 heteroatoms. The van der Waals surface area contributed by atoms with Crippen molar-refractivity contribution >= 4 is 23.6 Å². The van der Waals surface area contributed by atoms with Crippen molar-refractivity contribution in [2.75, 3.05) is 47.8 Å². The zero-order valence-corrected chi connectivity index (χ0v) is 15.8. The number of anilines is 3. The van der Waals surface area contributed by atoms with E-state index in [1.807, 2.05) is 36.5 Å². The molecule has 1 saturated heterocycles. The van der Waals surface area contributed by atoms with Crippen LogP contribution in [0.1, 0.15) is 6.42 Å². The van der Waals surface area contributed by atoms with E-state index in [1.165, 1.54) is 0 Å². The van der Waals surface area contributed by atoms with Crippen LogP contribution in [0, 0.1) is 0 Å². The molecule has 0 amide bonds. The maximum atomic E-state index is 10.8. The average molecular weight is 394 g/mol. The minimum Gasteiger partial charge on any atom is -0.481 e. The van der Waals surface area contributed by atoms with E-state index in [1.54, 1.807) is 17.1 Å². The van der Waals surface area contributed by atoms with Crippen LogP contribution in [0.2, 0.25) is 0 Å². The molecule has 0 aromatic carbocycles. The van der Waals surface area contributed by atoms with E-state index in [0.717, 1.165) is 37.8 Å². The van der Waals surface area contributed by atoms with Crippen LogP contribution in [-0.2, 0) is 4.79 Å². The molecule has 10 nitrogen and oxygen atoms in total. The van der Waals surface area contributed by atoms with Crippen LogP contribution in [0.15, 0.2) is 48.9 Å². The Kier molecular flexibility index (Phi) is 5.50. The molecule has 150 valence electrons. The molecule has 1 fully saturated rings. The Morgan fingerprint density at radius 3 is 2.41 bits per heavy atom. The Balaban J connectivity index is 1.51. The van der Waals surface area contributed by atoms with Crippen LogP contribution in [-0.4, -0.2) is 68.5 Å². The lowest BCUT2D eigenvalue weighted by Crippen LogP contribution is -2.47. The third-order valence-electron chi connectivity index (χ3n) is 4.64. The van der Waals surface area contributed by atoms with Gasteiger partial charge in [0, 0.05) is 57.4 Å². The van der Waals surface area contributed by atoms with Crippen molar-refractivity contribution in [1.29, 1.82) is 0 Å². The zero-order valence-electron chi connectivity index (χ0n) is 15.8. The maximum Gasteiger partial charge on any atom is 0.305 e. The molecular formula is C19H22N8O2. The van der Waals surface area contributed by atoms with Crippen molar-refractivity contribution in [1.82, 2.24) is 24.7 Å². The van der Waals surface area contributed by atoms with Crippen molar-refractivity contribution in [3.8, 4) is 5.82 Å². The Labute approximate surface area is 167 Å². The van der Waals surface area contributed by atoms with E-state index >= 15 is 0 Å². The topological polar surface area (TPSA) is 112 Å². The van der Waals surface area contributed by atoms with E-state index in [0.29, 0.717) is 11.8 Å². The van der Waals surface area contributed by atoms with Gasteiger partial charge in [-0.3, -0.25) is 4.79 Å². The average Bonchev–Trinajstić information content (AvgIpc) is 3.29. The van der Waals surface area contributed by atoms with Gasteiger partial charge in [0.2, 0.25) is 5.95 Å². The Bertz CT molecular complexity index is 940. The number of nitrogens with zero attached hydrogens (tertiary/aromatic N) is 7. The lowest BCUT2D eigenvalue weighted by molar-refractivity contribution is -0.136. The Hall–Kier alpha value is -3.69. The molecule has 0 spiro atoms. The van der Waals surface area contributed by atoms with Crippen LogP contribution in [0.3, 0.4) is 0 Å². The van der Waals surface area contributed by atoms with Gasteiger partial charge in [-0.25, -0.2) is 9.67 Å². The molecule has 3 aromatic rings. The maximum absolute atomic E-state index is 10.8. The normalized spacial score (nSPS) is 14.1. The SMILES string of the molecule is O=C(O)CCNc1nc(N2CCN(c3ccccn3)CC2)cc(-n2cccn2)n1. The lowest BCUT2D eigenvalue weighted by Gasteiger charge is -2.36. The minimum atomic E-state index is -0.869. The summed E-state index contributed by atoms with van der Waals surface area (Å²) in [6, 6.07) is 9.64. The summed E-state index contributed by atoms with van der Waals surface area (Å²) in [6.45, 7) is 3.51. The molecule has 0 atom stereocenters. The van der Waals surface area contributed by atoms with Crippen LogP contribution in [0.25, 0.3) is 5.82 Å². The summed E-state index contributed by atoms with van der Waals surface area (Å²) in [5.41, 5.74) is 0. The highest BCUT2D eigenvalue weighted by Gasteiger charge is 2.20. The number of pyridine rings is 1. The molecule has 1 aliphatic rings. The van der Waals surface area contributed by atoms with Gasteiger partial charge >= 0.3 is 5.97 Å². The molecule has 0 bridgehead atoms. The number of carbonyl (C=O) groups is 1. The summed E-state index contributed by atoms with van der Waals surface area (Å²) in [5.74, 6) is 1.91. The number of nitrogens with one attached hydrogen (secondary N) is 1. The number of aromatic nitrogens is 5. The number of piperazine rings is 1. The lowest BCUT2D eigenvalue weighted by atomic mass is 10.3. The molecule has 29 heavy (non-hydrogen) atoms. The number of hydrogen-bond donors (Lipinski definition) is 2. The van der Waals surface area contributed by atoms with E-state index in [2.05, 4.69) is 35.2 Å². The van der Waals surface area contributed by atoms with Gasteiger partial charge in [0.15, 0.2) is 5.82 Å². The molecule has 1 aliphatic heterocycles. The molecule has 0 unspecified atom stereocenters. The minimum absolute atomic E-state index is 0.00651. The Morgan fingerprint density at radius 1 is 1.00 bits per heavy atom. The van der Waals surface area contributed by atoms with Gasteiger partial charge in [-0.15, -0.1) is 0 Å². The third-order valence-corrected chi connectivity index (χ3v) is 4.64. The highest BCUT2D eigenvalue weighted by molar-refractivity contribution is 5.67. The fraction of sp³-hybridized carbons (Fsp3) is 0.316. The number of carboxylic acids is 1. The second-order valence-electron chi connectivity index (χ2n) is 6.59. The summed E-state index contributed by atoms with van der Waals surface area (Å²) >= 11 is 0. The fourth-order valence-corrected chi connectivity index (χ4v) is 3.17. The number of carboxylic acid groups (broad SMARTS) is 1. The standard InChI is InChI=1S/C19H22N8O2/c28-18(29)5-8-21-19-23-16(14-17(24-19)27-9-3-7-22-27)26-12-10-25(11-13-26)15-4-1-2-6-20-15/h1-4,6-7,9,14H,5,8,10-13H2,(H,28,29)(H,21,23,24). The summed E-state index contributed by atoms with van der Waals surface area (Å²) in [7, 11) is 0. The number of rotatable bonds is 7. The van der Waals surface area contributed by atoms with Gasteiger partial charge in [-0.2, -0.15) is 15.1 Å². The molecule has 2 N–H and O–H groups in total. The van der Waals surface area contributed by atoms with Gasteiger partial charge in [0.1, 0.15) is 11.6 Å². The van der Waals surface area contributed by atoms with E-state index in [4.69, 9.17) is 5.11 Å². The summed E-state index contributed by atoms with van der Waals surface area (Å²) in [6.07, 6.45) is 5.29. The summed E-state index contributed by atoms with van der Waals surface area (Å²) in [4.78, 5) is 28.7. The molecule has 4 rings (SSSR count). The summed E-state index contributed by atoms with van der Waals surface area (Å²) < 4.78 is 1.66. The largest absolute Gasteiger partial charge is 0.481 e. The van der Waals surface area contributed by atoms with Crippen LogP contribution >= 0.6 is 0 Å². The van der Waals surface area contributed by atoms with Crippen molar-refractivity contribution in [3.63, 3.8) is 0 Å². The monoisotopic (exact) mass is 394 g/mol. The molecular weight excluding hydrogens is 372 g/mol. The molecule has 0 saturated carbocycles. The fourth-order valence-electron chi connectivity index (χ4n) is 3.17. The first-order valence-corrected chi connectivity index (χ1v) is 9.45. The first-order chi connectivity index (χ1) is 14.2. The van der Waals surface area contributed by atoms with Crippen LogP contribution < -0.4 is 15.1 Å². The summed E-state index contributed by atoms with van der Waals surface area (Å²) in [5, 5.41) is 16.1. The molecule has 0 radical (unpaired) electrons.